The van der Waals surface area contributed by atoms with E-state index in [1.807, 2.05) is 18.2 Å². The highest BCUT2D eigenvalue weighted by Crippen LogP contribution is 2.30. The third kappa shape index (κ3) is 1.68. The van der Waals surface area contributed by atoms with Crippen LogP contribution in [0.1, 0.15) is 16.7 Å². The van der Waals surface area contributed by atoms with Crippen molar-refractivity contribution in [1.82, 2.24) is 4.57 Å². The molecule has 0 atom stereocenters. The molecule has 0 saturated heterocycles. The van der Waals surface area contributed by atoms with Crippen LogP contribution in [-0.4, -0.2) is 10.3 Å². The van der Waals surface area contributed by atoms with E-state index in [-0.39, 0.29) is 0 Å². The average Bonchev–Trinajstić information content (AvgIpc) is 3.06. The molecule has 2 heteroatoms. The fourth-order valence-corrected chi connectivity index (χ4v) is 3.19. The van der Waals surface area contributed by atoms with Gasteiger partial charge in [-0.2, -0.15) is 0 Å². The van der Waals surface area contributed by atoms with Gasteiger partial charge in [-0.3, -0.25) is 0 Å². The Morgan fingerprint density at radius 3 is 2.75 bits per heavy atom. The molecule has 0 spiro atoms. The second kappa shape index (κ2) is 4.34. The van der Waals surface area contributed by atoms with Gasteiger partial charge in [-0.15, -0.1) is 0 Å². The number of aromatic nitrogens is 1. The highest BCUT2D eigenvalue weighted by atomic mass is 15.0. The average molecular weight is 260 g/mol. The van der Waals surface area contributed by atoms with Gasteiger partial charge in [0.2, 0.25) is 0 Å². The van der Waals surface area contributed by atoms with E-state index in [2.05, 4.69) is 41.1 Å². The summed E-state index contributed by atoms with van der Waals surface area (Å²) in [7, 11) is 0. The van der Waals surface area contributed by atoms with Crippen LogP contribution in [0.25, 0.3) is 10.9 Å². The molecule has 1 aromatic heterocycles. The number of benzene rings is 2. The van der Waals surface area contributed by atoms with Gasteiger partial charge in [-0.25, -0.2) is 0 Å². The van der Waals surface area contributed by atoms with Gasteiger partial charge in [-0.1, -0.05) is 48.5 Å². The van der Waals surface area contributed by atoms with Gasteiger partial charge in [0.1, 0.15) is 0 Å². The molecule has 0 saturated carbocycles. The lowest BCUT2D eigenvalue weighted by atomic mass is 10.0. The molecule has 0 unspecified atom stereocenters. The molecule has 0 fully saturated rings. The van der Waals surface area contributed by atoms with Gasteiger partial charge in [0.05, 0.1) is 5.52 Å². The molecule has 1 aliphatic rings. The largest absolute Gasteiger partial charge is 0.346 e. The fraction of sp³-hybridized carbons (Fsp3) is 0.167. The minimum atomic E-state index is 0.699. The zero-order valence-electron chi connectivity index (χ0n) is 11.3. The predicted octanol–water partition coefficient (Wildman–Crippen LogP) is 3.81. The lowest BCUT2D eigenvalue weighted by Gasteiger charge is -2.04. The molecule has 0 bridgehead atoms. The van der Waals surface area contributed by atoms with Gasteiger partial charge in [0, 0.05) is 35.8 Å². The summed E-state index contributed by atoms with van der Waals surface area (Å²) in [5.41, 5.74) is 5.75. The molecular weight excluding hydrogens is 244 g/mol. The van der Waals surface area contributed by atoms with Crippen molar-refractivity contribution in [3.8, 4) is 0 Å². The molecule has 0 aliphatic carbocycles. The van der Waals surface area contributed by atoms with E-state index >= 15 is 0 Å². The first-order valence-corrected chi connectivity index (χ1v) is 7.05. The third-order valence-corrected chi connectivity index (χ3v) is 4.15. The molecule has 4 rings (SSSR count). The van der Waals surface area contributed by atoms with Crippen LogP contribution in [0.3, 0.4) is 0 Å². The van der Waals surface area contributed by atoms with Crippen molar-refractivity contribution in [1.29, 1.82) is 5.41 Å². The highest BCUT2D eigenvalue weighted by molar-refractivity contribution is 6.11. The molecule has 0 radical (unpaired) electrons. The van der Waals surface area contributed by atoms with Crippen LogP contribution in [0.2, 0.25) is 0 Å². The third-order valence-electron chi connectivity index (χ3n) is 4.15. The molecule has 2 heterocycles. The van der Waals surface area contributed by atoms with Crippen molar-refractivity contribution < 1.29 is 0 Å². The summed E-state index contributed by atoms with van der Waals surface area (Å²) in [6.07, 6.45) is 3.98. The molecule has 2 nitrogen and oxygen atoms in total. The van der Waals surface area contributed by atoms with Crippen molar-refractivity contribution in [3.05, 3.63) is 71.4 Å². The predicted molar refractivity (Wildman–Crippen MR) is 82.6 cm³/mol. The van der Waals surface area contributed by atoms with E-state index in [0.29, 0.717) is 12.1 Å². The van der Waals surface area contributed by atoms with E-state index in [1.54, 1.807) is 0 Å². The zero-order valence-corrected chi connectivity index (χ0v) is 11.3. The second-order valence-corrected chi connectivity index (χ2v) is 5.44. The number of hydrogen-bond acceptors (Lipinski definition) is 1. The van der Waals surface area contributed by atoms with Gasteiger partial charge < -0.3 is 9.98 Å². The molecule has 0 amide bonds. The Kier molecular flexibility index (Phi) is 2.49. The normalized spacial score (nSPS) is 13.0. The van der Waals surface area contributed by atoms with Crippen LogP contribution < -0.4 is 0 Å². The summed E-state index contributed by atoms with van der Waals surface area (Å²) in [4.78, 5) is 0. The quantitative estimate of drug-likeness (QED) is 0.694. The Labute approximate surface area is 118 Å². The number of para-hydroxylation sites is 1. The van der Waals surface area contributed by atoms with Crippen LogP contribution in [0, 0.1) is 5.41 Å². The molecule has 1 aliphatic heterocycles. The van der Waals surface area contributed by atoms with Crippen molar-refractivity contribution in [2.45, 2.75) is 19.4 Å². The summed E-state index contributed by atoms with van der Waals surface area (Å²) in [6, 6.07) is 16.7. The lowest BCUT2D eigenvalue weighted by molar-refractivity contribution is 0.770. The summed E-state index contributed by atoms with van der Waals surface area (Å²) in [5, 5.41) is 9.68. The van der Waals surface area contributed by atoms with E-state index in [0.717, 1.165) is 18.5 Å². The van der Waals surface area contributed by atoms with Gasteiger partial charge >= 0.3 is 0 Å². The maximum atomic E-state index is 8.44. The molecule has 2 aromatic carbocycles. The van der Waals surface area contributed by atoms with Crippen molar-refractivity contribution in [3.63, 3.8) is 0 Å². The van der Waals surface area contributed by atoms with Gasteiger partial charge in [0.15, 0.2) is 0 Å². The van der Waals surface area contributed by atoms with Crippen LogP contribution in [0.15, 0.2) is 54.7 Å². The minimum absolute atomic E-state index is 0.699. The van der Waals surface area contributed by atoms with E-state index in [4.69, 9.17) is 5.41 Å². The number of nitrogens with zero attached hydrogens (tertiary/aromatic N) is 1. The topological polar surface area (TPSA) is 28.8 Å². The Morgan fingerprint density at radius 2 is 1.90 bits per heavy atom. The van der Waals surface area contributed by atoms with E-state index in [9.17, 15) is 0 Å². The lowest BCUT2D eigenvalue weighted by Crippen LogP contribution is -2.03. The number of aryl methyl sites for hydroxylation is 2. The molecule has 3 aromatic rings. The monoisotopic (exact) mass is 260 g/mol. The van der Waals surface area contributed by atoms with Crippen LogP contribution in [0.4, 0.5) is 0 Å². The fourth-order valence-electron chi connectivity index (χ4n) is 3.19. The van der Waals surface area contributed by atoms with Crippen molar-refractivity contribution in [2.75, 3.05) is 0 Å². The smallest absolute Gasteiger partial charge is 0.0520 e. The first kappa shape index (κ1) is 11.5. The number of hydrogen-bond donors (Lipinski definition) is 1. The minimum Gasteiger partial charge on any atom is -0.346 e. The second-order valence-electron chi connectivity index (χ2n) is 5.44. The first-order valence-electron chi connectivity index (χ1n) is 7.05. The van der Waals surface area contributed by atoms with Crippen LogP contribution in [-0.2, 0) is 19.4 Å². The molecule has 20 heavy (non-hydrogen) atoms. The Hall–Kier alpha value is -2.35. The number of rotatable bonds is 3. The van der Waals surface area contributed by atoms with Crippen LogP contribution >= 0.6 is 0 Å². The summed E-state index contributed by atoms with van der Waals surface area (Å²) in [5.74, 6) is 0. The SMILES string of the molecule is N=C(Cc1ccccc1)c1cn2c3c(cccc13)CC2. The van der Waals surface area contributed by atoms with Crippen molar-refractivity contribution in [2.24, 2.45) is 0 Å². The standard InChI is InChI=1S/C18H16N2/c19-17(11-13-5-2-1-3-6-13)16-12-20-10-9-14-7-4-8-15(16)18(14)20/h1-8,12,19H,9-11H2. The molecule has 1 N–H and O–H groups in total. The number of nitrogens with one attached hydrogen (secondary N) is 1. The summed E-state index contributed by atoms with van der Waals surface area (Å²) in [6.45, 7) is 1.05. The van der Waals surface area contributed by atoms with E-state index in [1.165, 1.54) is 22.0 Å². The maximum absolute atomic E-state index is 8.44. The van der Waals surface area contributed by atoms with Crippen LogP contribution in [0.5, 0.6) is 0 Å². The molecular formula is C18H16N2. The first-order chi connectivity index (χ1) is 9.83. The Bertz CT molecular complexity index is 797. The zero-order chi connectivity index (χ0) is 13.5. The summed E-state index contributed by atoms with van der Waals surface area (Å²) < 4.78 is 2.31. The molecule has 98 valence electrons. The van der Waals surface area contributed by atoms with Gasteiger partial charge in [-0.05, 0) is 17.5 Å². The highest BCUT2D eigenvalue weighted by Gasteiger charge is 2.19. The van der Waals surface area contributed by atoms with E-state index < -0.39 is 0 Å². The Balaban J connectivity index is 1.76. The summed E-state index contributed by atoms with van der Waals surface area (Å²) >= 11 is 0. The maximum Gasteiger partial charge on any atom is 0.0520 e. The van der Waals surface area contributed by atoms with Crippen molar-refractivity contribution >= 4 is 16.6 Å². The Morgan fingerprint density at radius 1 is 1.05 bits per heavy atom. The van der Waals surface area contributed by atoms with Gasteiger partial charge in [0.25, 0.3) is 0 Å².